The molecule has 0 unspecified atom stereocenters. The van der Waals surface area contributed by atoms with Gasteiger partial charge in [-0.25, -0.2) is 9.18 Å². The highest BCUT2D eigenvalue weighted by Gasteiger charge is 2.31. The summed E-state index contributed by atoms with van der Waals surface area (Å²) in [6.07, 6.45) is 3.01. The van der Waals surface area contributed by atoms with Gasteiger partial charge in [0.2, 0.25) is 5.91 Å². The van der Waals surface area contributed by atoms with Crippen molar-refractivity contribution < 1.29 is 28.6 Å². The minimum atomic E-state index is -0.535. The molecule has 1 amide bonds. The van der Waals surface area contributed by atoms with E-state index >= 15 is 0 Å². The first kappa shape index (κ1) is 22.3. The molecule has 1 heterocycles. The monoisotopic (exact) mass is 427 g/mol. The number of fused-ring (bicyclic) bond motifs is 1. The van der Waals surface area contributed by atoms with Crippen LogP contribution in [0.1, 0.15) is 52.4 Å². The highest BCUT2D eigenvalue weighted by molar-refractivity contribution is 5.98. The number of amides is 1. The molecule has 3 rings (SSSR count). The highest BCUT2D eigenvalue weighted by Crippen LogP contribution is 2.42. The molecular weight excluding hydrogens is 401 g/mol. The van der Waals surface area contributed by atoms with Crippen LogP contribution in [0.25, 0.3) is 0 Å². The molecule has 164 valence electrons. The maximum atomic E-state index is 13.6. The van der Waals surface area contributed by atoms with Crippen LogP contribution in [0.5, 0.6) is 11.5 Å². The molecule has 0 bridgehead atoms. The molecule has 2 aromatic carbocycles. The van der Waals surface area contributed by atoms with E-state index < -0.39 is 5.97 Å². The van der Waals surface area contributed by atoms with Gasteiger partial charge < -0.3 is 19.9 Å². The fourth-order valence-corrected chi connectivity index (χ4v) is 3.64. The molecule has 0 atom stereocenters. The number of methoxy groups -OCH3 is 1. The highest BCUT2D eigenvalue weighted by atomic mass is 19.1. The number of phenols is 1. The average molecular weight is 427 g/mol. The van der Waals surface area contributed by atoms with Crippen molar-refractivity contribution in [2.24, 2.45) is 0 Å². The number of esters is 1. The third-order valence-electron chi connectivity index (χ3n) is 5.48. The first-order valence-corrected chi connectivity index (χ1v) is 10.1. The summed E-state index contributed by atoms with van der Waals surface area (Å²) in [7, 11) is 1.52. The minimum Gasteiger partial charge on any atom is -0.507 e. The minimum absolute atomic E-state index is 0.119. The number of ether oxygens (including phenoxy) is 2. The molecule has 2 N–H and O–H groups in total. The number of cyclic esters (lactones) is 1. The van der Waals surface area contributed by atoms with E-state index in [-0.39, 0.29) is 42.6 Å². The predicted octanol–water partition coefficient (Wildman–Crippen LogP) is 4.10. The van der Waals surface area contributed by atoms with Gasteiger partial charge in [0.15, 0.2) is 0 Å². The number of carbonyl (C=O) groups is 2. The van der Waals surface area contributed by atoms with Crippen LogP contribution in [0.3, 0.4) is 0 Å². The molecule has 1 aliphatic heterocycles. The SMILES string of the molecule is COc1c(C)c2c(c(O)c1C/C=C(\C)CCC(=O)NCc1ccccc1F)C(=O)OC2. The zero-order valence-electron chi connectivity index (χ0n) is 17.9. The lowest BCUT2D eigenvalue weighted by atomic mass is 9.94. The van der Waals surface area contributed by atoms with Gasteiger partial charge in [0.25, 0.3) is 0 Å². The molecule has 0 fully saturated rings. The molecule has 31 heavy (non-hydrogen) atoms. The second kappa shape index (κ2) is 9.64. The number of hydrogen-bond acceptors (Lipinski definition) is 5. The third kappa shape index (κ3) is 4.87. The maximum Gasteiger partial charge on any atom is 0.342 e. The van der Waals surface area contributed by atoms with E-state index in [1.165, 1.54) is 13.2 Å². The fraction of sp³-hybridized carbons (Fsp3) is 0.333. The Kier molecular flexibility index (Phi) is 6.95. The summed E-state index contributed by atoms with van der Waals surface area (Å²) in [6.45, 7) is 3.99. The molecule has 7 heteroatoms. The van der Waals surface area contributed by atoms with Crippen molar-refractivity contribution in [2.45, 2.75) is 46.3 Å². The van der Waals surface area contributed by atoms with Gasteiger partial charge in [-0.15, -0.1) is 0 Å². The number of halogens is 1. The third-order valence-corrected chi connectivity index (χ3v) is 5.48. The Morgan fingerprint density at radius 1 is 1.32 bits per heavy atom. The van der Waals surface area contributed by atoms with E-state index in [0.717, 1.165) is 11.1 Å². The Labute approximate surface area is 180 Å². The van der Waals surface area contributed by atoms with Gasteiger partial charge in [-0.1, -0.05) is 29.8 Å². The van der Waals surface area contributed by atoms with E-state index in [9.17, 15) is 19.1 Å². The predicted molar refractivity (Wildman–Crippen MR) is 113 cm³/mol. The van der Waals surface area contributed by atoms with Gasteiger partial charge in [0, 0.05) is 29.7 Å². The van der Waals surface area contributed by atoms with E-state index in [1.807, 2.05) is 19.9 Å². The van der Waals surface area contributed by atoms with Gasteiger partial charge in [0.05, 0.1) is 7.11 Å². The Morgan fingerprint density at radius 3 is 2.77 bits per heavy atom. The van der Waals surface area contributed by atoms with Crippen molar-refractivity contribution in [3.63, 3.8) is 0 Å². The van der Waals surface area contributed by atoms with Gasteiger partial charge in [-0.05, 0) is 38.3 Å². The van der Waals surface area contributed by atoms with Crippen LogP contribution in [-0.2, 0) is 29.1 Å². The summed E-state index contributed by atoms with van der Waals surface area (Å²) in [5.41, 5.74) is 3.53. The maximum absolute atomic E-state index is 13.6. The van der Waals surface area contributed by atoms with Crippen molar-refractivity contribution in [1.82, 2.24) is 5.32 Å². The molecule has 0 saturated heterocycles. The molecule has 1 aliphatic rings. The van der Waals surface area contributed by atoms with Crippen molar-refractivity contribution in [3.8, 4) is 11.5 Å². The van der Waals surface area contributed by atoms with E-state index in [2.05, 4.69) is 5.32 Å². The van der Waals surface area contributed by atoms with E-state index in [0.29, 0.717) is 35.3 Å². The molecule has 0 aliphatic carbocycles. The number of hydrogen-bond donors (Lipinski definition) is 2. The van der Waals surface area contributed by atoms with Crippen LogP contribution in [0.15, 0.2) is 35.9 Å². The zero-order valence-corrected chi connectivity index (χ0v) is 17.9. The molecular formula is C24H26FNO5. The van der Waals surface area contributed by atoms with Crippen molar-refractivity contribution in [2.75, 3.05) is 7.11 Å². The number of benzene rings is 2. The van der Waals surface area contributed by atoms with Gasteiger partial charge in [-0.3, -0.25) is 4.79 Å². The molecule has 0 spiro atoms. The topological polar surface area (TPSA) is 84.9 Å². The van der Waals surface area contributed by atoms with Crippen molar-refractivity contribution >= 4 is 11.9 Å². The van der Waals surface area contributed by atoms with Crippen LogP contribution in [-0.4, -0.2) is 24.1 Å². The molecule has 2 aromatic rings. The molecule has 0 saturated carbocycles. The first-order valence-electron chi connectivity index (χ1n) is 10.1. The lowest BCUT2D eigenvalue weighted by Crippen LogP contribution is -2.22. The summed E-state index contributed by atoms with van der Waals surface area (Å²) in [5, 5.41) is 13.4. The van der Waals surface area contributed by atoms with E-state index in [4.69, 9.17) is 9.47 Å². The second-order valence-electron chi connectivity index (χ2n) is 7.54. The van der Waals surface area contributed by atoms with Crippen LogP contribution in [0, 0.1) is 12.7 Å². The zero-order chi connectivity index (χ0) is 22.5. The Bertz CT molecular complexity index is 1040. The van der Waals surface area contributed by atoms with Gasteiger partial charge in [0.1, 0.15) is 29.5 Å². The first-order chi connectivity index (χ1) is 14.8. The standard InChI is InChI=1S/C24H26FNO5/c1-14(9-11-20(27)26-12-16-6-4-5-7-19(16)25)8-10-17-22(28)21-18(13-31-24(21)29)15(2)23(17)30-3/h4-8,28H,9-13H2,1-3H3,(H,26,27)/b14-8+. The normalized spacial score (nSPS) is 13.0. The summed E-state index contributed by atoms with van der Waals surface area (Å²) < 4.78 is 24.2. The summed E-state index contributed by atoms with van der Waals surface area (Å²) >= 11 is 0. The summed E-state index contributed by atoms with van der Waals surface area (Å²) in [5.74, 6) is -0.645. The summed E-state index contributed by atoms with van der Waals surface area (Å²) in [4.78, 5) is 24.1. The van der Waals surface area contributed by atoms with Crippen molar-refractivity contribution in [1.29, 1.82) is 0 Å². The number of rotatable bonds is 8. The number of phenolic OH excluding ortho intramolecular Hbond substituents is 1. The second-order valence-corrected chi connectivity index (χ2v) is 7.54. The van der Waals surface area contributed by atoms with Crippen LogP contribution < -0.4 is 10.1 Å². The quantitative estimate of drug-likeness (QED) is 0.489. The lowest BCUT2D eigenvalue weighted by molar-refractivity contribution is -0.121. The largest absolute Gasteiger partial charge is 0.507 e. The van der Waals surface area contributed by atoms with Gasteiger partial charge in [-0.2, -0.15) is 0 Å². The number of carbonyl (C=O) groups excluding carboxylic acids is 2. The molecule has 6 nitrogen and oxygen atoms in total. The molecule has 0 radical (unpaired) electrons. The van der Waals surface area contributed by atoms with Crippen LogP contribution in [0.2, 0.25) is 0 Å². The lowest BCUT2D eigenvalue weighted by Gasteiger charge is -2.15. The van der Waals surface area contributed by atoms with Crippen LogP contribution >= 0.6 is 0 Å². The number of allylic oxidation sites excluding steroid dienone is 2. The fourth-order valence-electron chi connectivity index (χ4n) is 3.64. The smallest absolute Gasteiger partial charge is 0.342 e. The van der Waals surface area contributed by atoms with Crippen molar-refractivity contribution in [3.05, 3.63) is 69.5 Å². The van der Waals surface area contributed by atoms with Gasteiger partial charge >= 0.3 is 5.97 Å². The van der Waals surface area contributed by atoms with E-state index in [1.54, 1.807) is 18.2 Å². The summed E-state index contributed by atoms with van der Waals surface area (Å²) in [6, 6.07) is 6.32. The number of nitrogens with one attached hydrogen (secondary N) is 1. The van der Waals surface area contributed by atoms with Crippen LogP contribution in [0.4, 0.5) is 4.39 Å². The molecule has 0 aromatic heterocycles. The number of aromatic hydroxyl groups is 1. The Balaban J connectivity index is 1.62. The Hall–Kier alpha value is -3.35. The Morgan fingerprint density at radius 2 is 2.06 bits per heavy atom. The average Bonchev–Trinajstić information content (AvgIpc) is 3.15.